The molecule has 1 aliphatic heterocycles. The average molecular weight is 275 g/mol. The Morgan fingerprint density at radius 2 is 1.95 bits per heavy atom. The zero-order valence-electron chi connectivity index (χ0n) is 11.9. The first-order chi connectivity index (χ1) is 9.64. The van der Waals surface area contributed by atoms with Gasteiger partial charge in [-0.3, -0.25) is 19.6 Å². The minimum absolute atomic E-state index is 0.0226. The monoisotopic (exact) mass is 275 g/mol. The van der Waals surface area contributed by atoms with Gasteiger partial charge in [-0.2, -0.15) is 5.10 Å². The summed E-state index contributed by atoms with van der Waals surface area (Å²) in [5.74, 6) is 0.0173. The molecule has 1 atom stereocenters. The maximum absolute atomic E-state index is 12.9. The van der Waals surface area contributed by atoms with Gasteiger partial charge in [-0.15, -0.1) is 0 Å². The number of aromatic nitrogens is 2. The molecule has 2 fully saturated rings. The Balaban J connectivity index is 1.86. The van der Waals surface area contributed by atoms with Gasteiger partial charge in [0.2, 0.25) is 11.8 Å². The minimum Gasteiger partial charge on any atom is -0.285 e. The molecule has 1 aliphatic carbocycles. The van der Waals surface area contributed by atoms with Crippen LogP contribution in [0.25, 0.3) is 0 Å². The van der Waals surface area contributed by atoms with Crippen molar-refractivity contribution in [2.75, 3.05) is 0 Å². The highest BCUT2D eigenvalue weighted by molar-refractivity contribution is 6.06. The molecule has 1 aromatic heterocycles. The van der Waals surface area contributed by atoms with Crippen LogP contribution in [0, 0.1) is 5.41 Å². The summed E-state index contributed by atoms with van der Waals surface area (Å²) in [6.45, 7) is 1.90. The Kier molecular flexibility index (Phi) is 3.36. The van der Waals surface area contributed by atoms with Gasteiger partial charge in [0.15, 0.2) is 0 Å². The molecule has 1 saturated heterocycles. The van der Waals surface area contributed by atoms with Crippen molar-refractivity contribution >= 4 is 11.8 Å². The number of imide groups is 1. The van der Waals surface area contributed by atoms with Crippen LogP contribution in [0.3, 0.4) is 0 Å². The lowest BCUT2D eigenvalue weighted by molar-refractivity contribution is -0.144. The summed E-state index contributed by atoms with van der Waals surface area (Å²) in [5.41, 5.74) is 0.475. The van der Waals surface area contributed by atoms with Crippen molar-refractivity contribution in [1.29, 1.82) is 0 Å². The van der Waals surface area contributed by atoms with Gasteiger partial charge < -0.3 is 0 Å². The van der Waals surface area contributed by atoms with Gasteiger partial charge in [-0.25, -0.2) is 0 Å². The number of hydrogen-bond acceptors (Lipinski definition) is 3. The predicted molar refractivity (Wildman–Crippen MR) is 73.6 cm³/mol. The van der Waals surface area contributed by atoms with Crippen molar-refractivity contribution in [1.82, 2.24) is 15.1 Å². The minimum atomic E-state index is -0.411. The van der Waals surface area contributed by atoms with Crippen LogP contribution in [0.2, 0.25) is 0 Å². The molecule has 108 valence electrons. The Bertz CT molecular complexity index is 501. The van der Waals surface area contributed by atoms with Crippen LogP contribution in [0.1, 0.15) is 63.5 Å². The maximum Gasteiger partial charge on any atom is 0.236 e. The summed E-state index contributed by atoms with van der Waals surface area (Å²) in [4.78, 5) is 26.7. The topological polar surface area (TPSA) is 66.1 Å². The van der Waals surface area contributed by atoms with E-state index in [-0.39, 0.29) is 17.9 Å². The number of nitrogens with one attached hydrogen (secondary N) is 1. The summed E-state index contributed by atoms with van der Waals surface area (Å²) >= 11 is 0. The van der Waals surface area contributed by atoms with E-state index < -0.39 is 5.41 Å². The van der Waals surface area contributed by atoms with Crippen molar-refractivity contribution in [3.05, 3.63) is 18.0 Å². The number of rotatable bonds is 2. The van der Waals surface area contributed by atoms with Crippen molar-refractivity contribution in [3.8, 4) is 0 Å². The number of nitrogens with zero attached hydrogens (tertiary/aromatic N) is 2. The van der Waals surface area contributed by atoms with Crippen LogP contribution < -0.4 is 0 Å². The fraction of sp³-hybridized carbons (Fsp3) is 0.667. The smallest absolute Gasteiger partial charge is 0.236 e. The maximum atomic E-state index is 12.9. The third-order valence-electron chi connectivity index (χ3n) is 4.88. The van der Waals surface area contributed by atoms with E-state index in [0.29, 0.717) is 6.42 Å². The molecule has 2 aliphatic rings. The normalized spacial score (nSPS) is 24.1. The first-order valence-electron chi connectivity index (χ1n) is 7.49. The number of carbonyl (C=O) groups excluding carboxylic acids is 2. The number of aromatic amines is 1. The third kappa shape index (κ3) is 2.05. The van der Waals surface area contributed by atoms with Gasteiger partial charge in [0.25, 0.3) is 0 Å². The van der Waals surface area contributed by atoms with Crippen molar-refractivity contribution in [3.63, 3.8) is 0 Å². The van der Waals surface area contributed by atoms with Crippen LogP contribution in [-0.4, -0.2) is 26.9 Å². The summed E-state index contributed by atoms with van der Waals surface area (Å²) in [5, 5.41) is 6.66. The molecule has 3 rings (SSSR count). The predicted octanol–water partition coefficient (Wildman–Crippen LogP) is 2.57. The largest absolute Gasteiger partial charge is 0.285 e. The number of carbonyl (C=O) groups is 2. The van der Waals surface area contributed by atoms with Crippen LogP contribution in [0.15, 0.2) is 12.4 Å². The van der Waals surface area contributed by atoms with E-state index in [0.717, 1.165) is 31.2 Å². The second-order valence-electron chi connectivity index (χ2n) is 6.15. The first-order valence-corrected chi connectivity index (χ1v) is 7.49. The Hall–Kier alpha value is -1.65. The zero-order valence-corrected chi connectivity index (χ0v) is 11.9. The summed E-state index contributed by atoms with van der Waals surface area (Å²) in [6, 6.07) is -0.226. The van der Waals surface area contributed by atoms with Crippen LogP contribution in [0.5, 0.6) is 0 Å². The Morgan fingerprint density at radius 3 is 2.55 bits per heavy atom. The van der Waals surface area contributed by atoms with Crippen LogP contribution in [-0.2, 0) is 9.59 Å². The summed E-state index contributed by atoms with van der Waals surface area (Å²) in [7, 11) is 0. The molecule has 20 heavy (non-hydrogen) atoms. The molecular weight excluding hydrogens is 254 g/mol. The van der Waals surface area contributed by atoms with Gasteiger partial charge in [-0.05, 0) is 19.8 Å². The highest BCUT2D eigenvalue weighted by Crippen LogP contribution is 2.46. The number of likely N-dealkylation sites (tertiary alicyclic amines) is 1. The third-order valence-corrected chi connectivity index (χ3v) is 4.88. The van der Waals surface area contributed by atoms with E-state index in [4.69, 9.17) is 0 Å². The summed E-state index contributed by atoms with van der Waals surface area (Å²) in [6.07, 6.45) is 10.1. The number of hydrogen-bond donors (Lipinski definition) is 1. The van der Waals surface area contributed by atoms with Gasteiger partial charge in [0.1, 0.15) is 0 Å². The standard InChI is InChI=1S/C15H21N3O2/c1-11(12-9-16-17-10-12)18-13(19)8-15(14(18)20)6-4-2-3-5-7-15/h9-11H,2-8H2,1H3,(H,16,17). The van der Waals surface area contributed by atoms with E-state index in [2.05, 4.69) is 10.2 Å². The molecule has 1 unspecified atom stereocenters. The molecule has 0 aromatic carbocycles. The molecular formula is C15H21N3O2. The van der Waals surface area contributed by atoms with E-state index in [1.54, 1.807) is 12.4 Å². The Labute approximate surface area is 118 Å². The molecule has 1 saturated carbocycles. The molecule has 1 spiro atoms. The van der Waals surface area contributed by atoms with E-state index in [9.17, 15) is 9.59 Å². The highest BCUT2D eigenvalue weighted by Gasteiger charge is 2.52. The SMILES string of the molecule is CC(c1cn[nH]c1)N1C(=O)CC2(CCCCCC2)C1=O. The van der Waals surface area contributed by atoms with E-state index >= 15 is 0 Å². The number of amides is 2. The first kappa shape index (κ1) is 13.3. The lowest BCUT2D eigenvalue weighted by atomic mass is 9.79. The lowest BCUT2D eigenvalue weighted by Crippen LogP contribution is -2.37. The lowest BCUT2D eigenvalue weighted by Gasteiger charge is -2.27. The fourth-order valence-electron chi connectivity index (χ4n) is 3.65. The molecule has 2 heterocycles. The molecule has 1 N–H and O–H groups in total. The Morgan fingerprint density at radius 1 is 1.25 bits per heavy atom. The molecule has 0 radical (unpaired) electrons. The van der Waals surface area contributed by atoms with Crippen molar-refractivity contribution < 1.29 is 9.59 Å². The average Bonchev–Trinajstić information content (AvgIpc) is 2.95. The second-order valence-corrected chi connectivity index (χ2v) is 6.15. The highest BCUT2D eigenvalue weighted by atomic mass is 16.2. The van der Waals surface area contributed by atoms with Gasteiger partial charge >= 0.3 is 0 Å². The van der Waals surface area contributed by atoms with Crippen molar-refractivity contribution in [2.24, 2.45) is 5.41 Å². The number of H-pyrrole nitrogens is 1. The van der Waals surface area contributed by atoms with E-state index in [1.807, 2.05) is 6.92 Å². The van der Waals surface area contributed by atoms with Gasteiger partial charge in [0, 0.05) is 18.2 Å². The fourth-order valence-corrected chi connectivity index (χ4v) is 3.65. The van der Waals surface area contributed by atoms with Crippen molar-refractivity contribution in [2.45, 2.75) is 57.9 Å². The van der Waals surface area contributed by atoms with E-state index in [1.165, 1.54) is 17.7 Å². The van der Waals surface area contributed by atoms with Crippen LogP contribution >= 0.6 is 0 Å². The molecule has 0 bridgehead atoms. The van der Waals surface area contributed by atoms with Crippen LogP contribution in [0.4, 0.5) is 0 Å². The van der Waals surface area contributed by atoms with Gasteiger partial charge in [0.05, 0.1) is 17.7 Å². The zero-order chi connectivity index (χ0) is 14.2. The quantitative estimate of drug-likeness (QED) is 0.844. The molecule has 5 nitrogen and oxygen atoms in total. The molecule has 2 amide bonds. The summed E-state index contributed by atoms with van der Waals surface area (Å²) < 4.78 is 0. The second kappa shape index (κ2) is 5.04. The molecule has 1 aromatic rings. The molecule has 5 heteroatoms. The van der Waals surface area contributed by atoms with Gasteiger partial charge in [-0.1, -0.05) is 25.7 Å².